The van der Waals surface area contributed by atoms with Crippen molar-refractivity contribution in [1.82, 2.24) is 29.3 Å². The van der Waals surface area contributed by atoms with Gasteiger partial charge in [-0.25, -0.2) is 9.67 Å². The summed E-state index contributed by atoms with van der Waals surface area (Å²) in [5.41, 5.74) is 9.63. The lowest BCUT2D eigenvalue weighted by molar-refractivity contribution is 0.696. The first kappa shape index (κ1) is 16.1. The van der Waals surface area contributed by atoms with E-state index in [4.69, 9.17) is 5.73 Å². The first-order valence-electron chi connectivity index (χ1n) is 8.49. The lowest BCUT2D eigenvalue weighted by Crippen LogP contribution is -2.08. The number of anilines is 2. The van der Waals surface area contributed by atoms with Crippen LogP contribution in [0.2, 0.25) is 0 Å². The number of benzene rings is 1. The SMILES string of the molecule is CCn1c(-n2cc(C)cn2)nc2c(N)nc(NCc3ccccc3)nc21. The minimum Gasteiger partial charge on any atom is -0.382 e. The normalized spacial score (nSPS) is 11.2. The van der Waals surface area contributed by atoms with Crippen molar-refractivity contribution in [3.05, 3.63) is 53.9 Å². The third kappa shape index (κ3) is 2.85. The second-order valence-electron chi connectivity index (χ2n) is 6.06. The van der Waals surface area contributed by atoms with Crippen LogP contribution in [0.3, 0.4) is 0 Å². The lowest BCUT2D eigenvalue weighted by atomic mass is 10.2. The van der Waals surface area contributed by atoms with E-state index in [-0.39, 0.29) is 0 Å². The molecule has 0 aliphatic carbocycles. The Balaban J connectivity index is 1.73. The van der Waals surface area contributed by atoms with Gasteiger partial charge in [0.1, 0.15) is 0 Å². The molecule has 0 saturated carbocycles. The molecule has 0 atom stereocenters. The molecule has 132 valence electrons. The minimum atomic E-state index is 0.350. The van der Waals surface area contributed by atoms with Gasteiger partial charge in [-0.05, 0) is 25.0 Å². The Kier molecular flexibility index (Phi) is 4.00. The van der Waals surface area contributed by atoms with Gasteiger partial charge in [-0.1, -0.05) is 30.3 Å². The molecular formula is C18H20N8. The standard InChI is InChI=1S/C18H20N8/c1-3-25-16-14(22-18(25)26-11-12(2)9-21-26)15(19)23-17(24-16)20-10-13-7-5-4-6-8-13/h4-9,11H,3,10H2,1-2H3,(H3,19,20,23,24). The summed E-state index contributed by atoms with van der Waals surface area (Å²) in [6, 6.07) is 10.1. The largest absolute Gasteiger partial charge is 0.382 e. The van der Waals surface area contributed by atoms with Crippen molar-refractivity contribution in [2.45, 2.75) is 26.9 Å². The molecule has 8 nitrogen and oxygen atoms in total. The molecule has 3 N–H and O–H groups in total. The molecule has 0 amide bonds. The summed E-state index contributed by atoms with van der Waals surface area (Å²) >= 11 is 0. The van der Waals surface area contributed by atoms with E-state index in [9.17, 15) is 0 Å². The molecule has 0 aliphatic rings. The molecule has 0 bridgehead atoms. The van der Waals surface area contributed by atoms with Crippen LogP contribution < -0.4 is 11.1 Å². The van der Waals surface area contributed by atoms with E-state index >= 15 is 0 Å². The van der Waals surface area contributed by atoms with Gasteiger partial charge in [-0.2, -0.15) is 15.1 Å². The van der Waals surface area contributed by atoms with E-state index < -0.39 is 0 Å². The van der Waals surface area contributed by atoms with Crippen molar-refractivity contribution in [2.75, 3.05) is 11.1 Å². The van der Waals surface area contributed by atoms with E-state index in [2.05, 4.69) is 25.4 Å². The first-order valence-corrected chi connectivity index (χ1v) is 8.49. The topological polar surface area (TPSA) is 99.5 Å². The third-order valence-electron chi connectivity index (χ3n) is 4.13. The number of rotatable bonds is 5. The molecule has 0 aliphatic heterocycles. The quantitative estimate of drug-likeness (QED) is 0.575. The van der Waals surface area contributed by atoms with Gasteiger partial charge >= 0.3 is 0 Å². The highest BCUT2D eigenvalue weighted by molar-refractivity contribution is 5.84. The fourth-order valence-electron chi connectivity index (χ4n) is 2.85. The van der Waals surface area contributed by atoms with Crippen LogP contribution in [0.4, 0.5) is 11.8 Å². The zero-order chi connectivity index (χ0) is 18.1. The van der Waals surface area contributed by atoms with E-state index in [0.29, 0.717) is 42.0 Å². The van der Waals surface area contributed by atoms with Crippen molar-refractivity contribution >= 4 is 22.9 Å². The molecule has 3 aromatic heterocycles. The maximum absolute atomic E-state index is 6.15. The van der Waals surface area contributed by atoms with Gasteiger partial charge in [-0.3, -0.25) is 4.57 Å². The Labute approximate surface area is 150 Å². The van der Waals surface area contributed by atoms with E-state index in [1.807, 2.05) is 54.9 Å². The number of nitrogen functional groups attached to an aromatic ring is 1. The number of nitrogens with zero attached hydrogens (tertiary/aromatic N) is 6. The van der Waals surface area contributed by atoms with Crippen molar-refractivity contribution in [2.24, 2.45) is 0 Å². The van der Waals surface area contributed by atoms with E-state index in [0.717, 1.165) is 11.1 Å². The highest BCUT2D eigenvalue weighted by atomic mass is 15.4. The Morgan fingerprint density at radius 2 is 1.92 bits per heavy atom. The third-order valence-corrected chi connectivity index (χ3v) is 4.13. The highest BCUT2D eigenvalue weighted by Gasteiger charge is 2.17. The Hall–Kier alpha value is -3.42. The minimum absolute atomic E-state index is 0.350. The fourth-order valence-corrected chi connectivity index (χ4v) is 2.85. The Morgan fingerprint density at radius 1 is 1.12 bits per heavy atom. The Bertz CT molecular complexity index is 1050. The van der Waals surface area contributed by atoms with Gasteiger partial charge in [0.05, 0.1) is 6.20 Å². The van der Waals surface area contributed by atoms with Gasteiger partial charge in [0.15, 0.2) is 17.0 Å². The molecule has 0 saturated heterocycles. The molecule has 0 radical (unpaired) electrons. The number of hydrogen-bond acceptors (Lipinski definition) is 6. The summed E-state index contributed by atoms with van der Waals surface area (Å²) < 4.78 is 3.71. The van der Waals surface area contributed by atoms with Crippen molar-refractivity contribution < 1.29 is 0 Å². The molecule has 8 heteroatoms. The van der Waals surface area contributed by atoms with Crippen LogP contribution in [0.5, 0.6) is 0 Å². The second-order valence-corrected chi connectivity index (χ2v) is 6.06. The predicted molar refractivity (Wildman–Crippen MR) is 101 cm³/mol. The smallest absolute Gasteiger partial charge is 0.233 e. The molecule has 26 heavy (non-hydrogen) atoms. The molecule has 0 spiro atoms. The zero-order valence-corrected chi connectivity index (χ0v) is 14.7. The van der Waals surface area contributed by atoms with Crippen LogP contribution in [0, 0.1) is 6.92 Å². The Morgan fingerprint density at radius 3 is 2.62 bits per heavy atom. The van der Waals surface area contributed by atoms with Crippen molar-refractivity contribution in [3.8, 4) is 5.95 Å². The first-order chi connectivity index (χ1) is 12.7. The number of fused-ring (bicyclic) bond motifs is 1. The summed E-state index contributed by atoms with van der Waals surface area (Å²) in [4.78, 5) is 13.6. The number of aryl methyl sites for hydroxylation is 2. The van der Waals surface area contributed by atoms with Gasteiger partial charge in [-0.15, -0.1) is 0 Å². The highest BCUT2D eigenvalue weighted by Crippen LogP contribution is 2.23. The number of imidazole rings is 1. The van der Waals surface area contributed by atoms with Crippen LogP contribution >= 0.6 is 0 Å². The molecule has 1 aromatic carbocycles. The van der Waals surface area contributed by atoms with Gasteiger partial charge in [0.25, 0.3) is 0 Å². The summed E-state index contributed by atoms with van der Waals surface area (Å²) in [5.74, 6) is 1.51. The van der Waals surface area contributed by atoms with Crippen LogP contribution in [0.1, 0.15) is 18.1 Å². The van der Waals surface area contributed by atoms with E-state index in [1.165, 1.54) is 0 Å². The van der Waals surface area contributed by atoms with Crippen molar-refractivity contribution in [1.29, 1.82) is 0 Å². The monoisotopic (exact) mass is 348 g/mol. The average molecular weight is 348 g/mol. The molecule has 0 fully saturated rings. The lowest BCUT2D eigenvalue weighted by Gasteiger charge is -2.08. The summed E-state index contributed by atoms with van der Waals surface area (Å²) in [7, 11) is 0. The van der Waals surface area contributed by atoms with Crippen molar-refractivity contribution in [3.63, 3.8) is 0 Å². The van der Waals surface area contributed by atoms with Gasteiger partial charge in [0, 0.05) is 19.3 Å². The summed E-state index contributed by atoms with van der Waals surface area (Å²) in [5, 5.41) is 7.58. The molecule has 4 aromatic rings. The zero-order valence-electron chi connectivity index (χ0n) is 14.7. The number of aromatic nitrogens is 6. The van der Waals surface area contributed by atoms with Crippen LogP contribution in [-0.4, -0.2) is 29.3 Å². The van der Waals surface area contributed by atoms with Gasteiger partial charge < -0.3 is 11.1 Å². The molecule has 3 heterocycles. The molecule has 0 unspecified atom stereocenters. The second kappa shape index (κ2) is 6.47. The van der Waals surface area contributed by atoms with Crippen LogP contribution in [-0.2, 0) is 13.1 Å². The maximum Gasteiger partial charge on any atom is 0.233 e. The summed E-state index contributed by atoms with van der Waals surface area (Å²) in [6.45, 7) is 5.34. The average Bonchev–Trinajstić information content (AvgIpc) is 3.24. The molecular weight excluding hydrogens is 328 g/mol. The van der Waals surface area contributed by atoms with E-state index in [1.54, 1.807) is 10.9 Å². The maximum atomic E-state index is 6.15. The summed E-state index contributed by atoms with van der Waals surface area (Å²) in [6.07, 6.45) is 3.72. The number of nitrogens with one attached hydrogen (secondary N) is 1. The number of nitrogens with two attached hydrogens (primary N) is 1. The van der Waals surface area contributed by atoms with Gasteiger partial charge in [0.2, 0.25) is 11.9 Å². The fraction of sp³-hybridized carbons (Fsp3) is 0.222. The predicted octanol–water partition coefficient (Wildman–Crippen LogP) is 2.53. The van der Waals surface area contributed by atoms with Crippen LogP contribution in [0.25, 0.3) is 17.1 Å². The molecule has 4 rings (SSSR count). The number of hydrogen-bond donors (Lipinski definition) is 2. The van der Waals surface area contributed by atoms with Crippen LogP contribution in [0.15, 0.2) is 42.7 Å².